The van der Waals surface area contributed by atoms with E-state index in [2.05, 4.69) is 24.4 Å². The largest absolute Gasteiger partial charge is 0.490 e. The highest BCUT2D eigenvalue weighted by Gasteiger charge is 2.22. The number of rotatable bonds is 3. The van der Waals surface area contributed by atoms with E-state index in [4.69, 9.17) is 9.47 Å². The van der Waals surface area contributed by atoms with Gasteiger partial charge < -0.3 is 14.8 Å². The van der Waals surface area contributed by atoms with E-state index in [0.29, 0.717) is 25.2 Å². The van der Waals surface area contributed by atoms with Gasteiger partial charge in [0.1, 0.15) is 19.0 Å². The Morgan fingerprint density at radius 3 is 3.07 bits per heavy atom. The molecule has 2 atom stereocenters. The third kappa shape index (κ3) is 2.53. The molecule has 84 valence electrons. The Bertz CT molecular complexity index is 283. The molecule has 3 nitrogen and oxygen atoms in total. The Hall–Kier alpha value is -0.960. The lowest BCUT2D eigenvalue weighted by Gasteiger charge is -2.27. The van der Waals surface area contributed by atoms with Gasteiger partial charge in [0.25, 0.3) is 0 Å². The summed E-state index contributed by atoms with van der Waals surface area (Å²) in [6, 6.07) is 0.548. The smallest absolute Gasteiger partial charge is 0.156 e. The molecule has 0 saturated carbocycles. The average Bonchev–Trinajstić information content (AvgIpc) is 2.29. The lowest BCUT2D eigenvalue weighted by Crippen LogP contribution is -2.26. The van der Waals surface area contributed by atoms with Crippen molar-refractivity contribution in [3.8, 4) is 0 Å². The quantitative estimate of drug-likeness (QED) is 0.769. The Kier molecular flexibility index (Phi) is 3.31. The summed E-state index contributed by atoms with van der Waals surface area (Å²) < 4.78 is 11.1. The highest BCUT2D eigenvalue weighted by Crippen LogP contribution is 2.29. The van der Waals surface area contributed by atoms with Crippen LogP contribution in [0.5, 0.6) is 0 Å². The molecule has 0 aromatic rings. The third-order valence-corrected chi connectivity index (χ3v) is 3.01. The van der Waals surface area contributed by atoms with Gasteiger partial charge in [0.2, 0.25) is 0 Å². The summed E-state index contributed by atoms with van der Waals surface area (Å²) in [5.41, 5.74) is 0. The molecule has 1 unspecified atom stereocenters. The minimum Gasteiger partial charge on any atom is -0.490 e. The number of ether oxygens (including phenoxy) is 2. The van der Waals surface area contributed by atoms with Crippen LogP contribution in [0.3, 0.4) is 0 Å². The standard InChI is InChI=1S/C12H19NO2/c1-9(13-2)7-10-3-4-11-12(8-10)15-6-5-14-11/h3-4,9-10,13H,5-8H2,1-2H3/t9-,10?/m1/s1. The molecule has 0 saturated heterocycles. The van der Waals surface area contributed by atoms with Crippen molar-refractivity contribution in [1.82, 2.24) is 5.32 Å². The van der Waals surface area contributed by atoms with Crippen LogP contribution < -0.4 is 5.32 Å². The molecule has 0 aromatic carbocycles. The van der Waals surface area contributed by atoms with Crippen LogP contribution in [-0.2, 0) is 9.47 Å². The van der Waals surface area contributed by atoms with E-state index >= 15 is 0 Å². The summed E-state index contributed by atoms with van der Waals surface area (Å²) in [6.45, 7) is 3.58. The lowest BCUT2D eigenvalue weighted by atomic mass is 9.92. The van der Waals surface area contributed by atoms with Gasteiger partial charge in [0.15, 0.2) is 5.76 Å². The number of hydrogen-bond acceptors (Lipinski definition) is 3. The molecule has 0 bridgehead atoms. The van der Waals surface area contributed by atoms with Crippen molar-refractivity contribution in [2.75, 3.05) is 20.3 Å². The molecule has 1 N–H and O–H groups in total. The maximum atomic E-state index is 5.61. The summed E-state index contributed by atoms with van der Waals surface area (Å²) in [7, 11) is 2.00. The Morgan fingerprint density at radius 2 is 2.27 bits per heavy atom. The van der Waals surface area contributed by atoms with Crippen LogP contribution in [0.2, 0.25) is 0 Å². The minimum atomic E-state index is 0.548. The zero-order valence-electron chi connectivity index (χ0n) is 9.45. The molecule has 0 fully saturated rings. The highest BCUT2D eigenvalue weighted by atomic mass is 16.6. The predicted octanol–water partition coefficient (Wildman–Crippen LogP) is 1.82. The Labute approximate surface area is 91.1 Å². The third-order valence-electron chi connectivity index (χ3n) is 3.01. The molecular formula is C12H19NO2. The van der Waals surface area contributed by atoms with Gasteiger partial charge >= 0.3 is 0 Å². The van der Waals surface area contributed by atoms with Crippen LogP contribution in [0.25, 0.3) is 0 Å². The van der Waals surface area contributed by atoms with Crippen LogP contribution >= 0.6 is 0 Å². The Morgan fingerprint density at radius 1 is 1.47 bits per heavy atom. The molecule has 0 amide bonds. The average molecular weight is 209 g/mol. The topological polar surface area (TPSA) is 30.5 Å². The second-order valence-corrected chi connectivity index (χ2v) is 4.23. The lowest BCUT2D eigenvalue weighted by molar-refractivity contribution is 0.0587. The van der Waals surface area contributed by atoms with Crippen LogP contribution in [0, 0.1) is 5.92 Å². The maximum absolute atomic E-state index is 5.61. The van der Waals surface area contributed by atoms with E-state index < -0.39 is 0 Å². The fourth-order valence-electron chi connectivity index (χ4n) is 2.03. The van der Waals surface area contributed by atoms with Gasteiger partial charge in [-0.25, -0.2) is 0 Å². The highest BCUT2D eigenvalue weighted by molar-refractivity contribution is 5.23. The number of hydrogen-bond donors (Lipinski definition) is 1. The Balaban J connectivity index is 1.94. The van der Waals surface area contributed by atoms with Gasteiger partial charge in [0, 0.05) is 12.5 Å². The first-order chi connectivity index (χ1) is 7.29. The molecule has 2 rings (SSSR count). The van der Waals surface area contributed by atoms with Crippen LogP contribution in [0.4, 0.5) is 0 Å². The monoisotopic (exact) mass is 209 g/mol. The minimum absolute atomic E-state index is 0.548. The number of nitrogens with one attached hydrogen (secondary N) is 1. The normalized spacial score (nSPS) is 26.7. The fraction of sp³-hybridized carbons (Fsp3) is 0.667. The van der Waals surface area contributed by atoms with Crippen molar-refractivity contribution in [2.24, 2.45) is 5.92 Å². The summed E-state index contributed by atoms with van der Waals surface area (Å²) in [4.78, 5) is 0. The van der Waals surface area contributed by atoms with Gasteiger partial charge in [-0.2, -0.15) is 0 Å². The van der Waals surface area contributed by atoms with Crippen LogP contribution in [0.15, 0.2) is 23.7 Å². The molecule has 1 aliphatic heterocycles. The molecule has 3 heteroatoms. The fourth-order valence-corrected chi connectivity index (χ4v) is 2.03. The van der Waals surface area contributed by atoms with Gasteiger partial charge in [-0.1, -0.05) is 6.08 Å². The second kappa shape index (κ2) is 4.71. The van der Waals surface area contributed by atoms with Crippen molar-refractivity contribution in [3.63, 3.8) is 0 Å². The van der Waals surface area contributed by atoms with Crippen LogP contribution in [-0.4, -0.2) is 26.3 Å². The summed E-state index contributed by atoms with van der Waals surface area (Å²) in [6.07, 6.45) is 6.43. The van der Waals surface area contributed by atoms with E-state index in [1.807, 2.05) is 7.05 Å². The van der Waals surface area contributed by atoms with Crippen LogP contribution in [0.1, 0.15) is 19.8 Å². The van der Waals surface area contributed by atoms with E-state index in [-0.39, 0.29) is 0 Å². The SMILES string of the molecule is CN[C@H](C)CC1C=CC2=C(C1)OCCO2. The van der Waals surface area contributed by atoms with E-state index in [9.17, 15) is 0 Å². The van der Waals surface area contributed by atoms with Gasteiger partial charge in [-0.15, -0.1) is 0 Å². The number of allylic oxidation sites excluding steroid dienone is 3. The first kappa shape index (κ1) is 10.6. The molecule has 0 spiro atoms. The molecule has 0 aromatic heterocycles. The summed E-state index contributed by atoms with van der Waals surface area (Å²) in [5.74, 6) is 2.56. The van der Waals surface area contributed by atoms with E-state index in [1.165, 1.54) is 0 Å². The molecule has 0 radical (unpaired) electrons. The second-order valence-electron chi connectivity index (χ2n) is 4.23. The molecule has 1 heterocycles. The van der Waals surface area contributed by atoms with Crippen molar-refractivity contribution < 1.29 is 9.47 Å². The van der Waals surface area contributed by atoms with Crippen molar-refractivity contribution in [2.45, 2.75) is 25.8 Å². The summed E-state index contributed by atoms with van der Waals surface area (Å²) in [5, 5.41) is 3.26. The van der Waals surface area contributed by atoms with Crippen molar-refractivity contribution in [3.05, 3.63) is 23.7 Å². The summed E-state index contributed by atoms with van der Waals surface area (Å²) >= 11 is 0. The first-order valence-corrected chi connectivity index (χ1v) is 5.64. The van der Waals surface area contributed by atoms with Crippen molar-refractivity contribution >= 4 is 0 Å². The van der Waals surface area contributed by atoms with E-state index in [1.54, 1.807) is 0 Å². The maximum Gasteiger partial charge on any atom is 0.156 e. The van der Waals surface area contributed by atoms with Gasteiger partial charge in [0.05, 0.1) is 0 Å². The first-order valence-electron chi connectivity index (χ1n) is 5.64. The van der Waals surface area contributed by atoms with Gasteiger partial charge in [-0.3, -0.25) is 0 Å². The predicted molar refractivity (Wildman–Crippen MR) is 59.3 cm³/mol. The molecule has 2 aliphatic rings. The van der Waals surface area contributed by atoms with E-state index in [0.717, 1.165) is 24.4 Å². The molecule has 1 aliphatic carbocycles. The van der Waals surface area contributed by atoms with Gasteiger partial charge in [-0.05, 0) is 32.4 Å². The molecular weight excluding hydrogens is 190 g/mol. The zero-order chi connectivity index (χ0) is 10.7. The zero-order valence-corrected chi connectivity index (χ0v) is 9.45. The van der Waals surface area contributed by atoms with Crippen molar-refractivity contribution in [1.29, 1.82) is 0 Å². The molecule has 15 heavy (non-hydrogen) atoms.